The van der Waals surface area contributed by atoms with Gasteiger partial charge in [-0.25, -0.2) is 4.79 Å². The summed E-state index contributed by atoms with van der Waals surface area (Å²) in [5.74, 6) is 0. The van der Waals surface area contributed by atoms with Crippen LogP contribution in [0.3, 0.4) is 0 Å². The molecule has 7 nitrogen and oxygen atoms in total. The molecule has 3 heterocycles. The van der Waals surface area contributed by atoms with Crippen LogP contribution in [-0.4, -0.2) is 90.8 Å². The molecule has 0 N–H and O–H groups in total. The summed E-state index contributed by atoms with van der Waals surface area (Å²) in [4.78, 5) is 23.5. The minimum absolute atomic E-state index is 0.239. The molecule has 0 radical (unpaired) electrons. The summed E-state index contributed by atoms with van der Waals surface area (Å²) in [5.41, 5.74) is 0.248. The van der Waals surface area contributed by atoms with Crippen molar-refractivity contribution in [1.82, 2.24) is 19.7 Å². The molecule has 2 saturated heterocycles. The molecule has 1 aromatic rings. The highest BCUT2D eigenvalue weighted by Gasteiger charge is 2.39. The van der Waals surface area contributed by atoms with E-state index in [0.717, 1.165) is 57.5 Å². The summed E-state index contributed by atoms with van der Waals surface area (Å²) in [5, 5.41) is 0. The maximum Gasteiger partial charge on any atom is 0.410 e. The van der Waals surface area contributed by atoms with Gasteiger partial charge in [-0.3, -0.25) is 4.98 Å². The Bertz CT molecular complexity index is 661. The van der Waals surface area contributed by atoms with Crippen molar-refractivity contribution in [2.24, 2.45) is 0 Å². The van der Waals surface area contributed by atoms with Gasteiger partial charge >= 0.3 is 6.09 Å². The molecule has 0 spiro atoms. The Hall–Kier alpha value is -1.70. The van der Waals surface area contributed by atoms with Gasteiger partial charge in [-0.1, -0.05) is 6.07 Å². The Kier molecular flexibility index (Phi) is 7.71. The maximum absolute atomic E-state index is 12.5. The fourth-order valence-corrected chi connectivity index (χ4v) is 4.15. The summed E-state index contributed by atoms with van der Waals surface area (Å²) in [7, 11) is 2.18. The summed E-state index contributed by atoms with van der Waals surface area (Å²) in [6, 6.07) is 4.06. The second-order valence-electron chi connectivity index (χ2n) is 9.55. The standard InChI is InChI=1S/C23H38N4O3/c1-22(2,3)30-21(28)27-12-8-23(9-13-27,20-7-5-10-24-19-20)29-18-6-11-26-16-14-25(4)15-17-26/h5,7,10,19H,6,8-9,11-18H2,1-4H3. The van der Waals surface area contributed by atoms with Gasteiger partial charge in [0.1, 0.15) is 5.60 Å². The normalized spacial score (nSPS) is 20.9. The second kappa shape index (κ2) is 10.1. The number of hydrogen-bond acceptors (Lipinski definition) is 6. The minimum Gasteiger partial charge on any atom is -0.444 e. The molecule has 1 amide bonds. The Morgan fingerprint density at radius 3 is 2.43 bits per heavy atom. The van der Waals surface area contributed by atoms with Crippen LogP contribution in [0.1, 0.15) is 45.6 Å². The number of aromatic nitrogens is 1. The molecular weight excluding hydrogens is 380 g/mol. The SMILES string of the molecule is CN1CCN(CCCOC2(c3cccnc3)CCN(C(=O)OC(C)(C)C)CC2)CC1. The van der Waals surface area contributed by atoms with Gasteiger partial charge in [-0.2, -0.15) is 0 Å². The van der Waals surface area contributed by atoms with E-state index in [1.807, 2.05) is 33.0 Å². The number of likely N-dealkylation sites (tertiary alicyclic amines) is 1. The number of carbonyl (C=O) groups is 1. The smallest absolute Gasteiger partial charge is 0.410 e. The van der Waals surface area contributed by atoms with Crippen LogP contribution in [0, 0.1) is 0 Å². The summed E-state index contributed by atoms with van der Waals surface area (Å²) >= 11 is 0. The van der Waals surface area contributed by atoms with Crippen molar-refractivity contribution in [3.8, 4) is 0 Å². The monoisotopic (exact) mass is 418 g/mol. The number of hydrogen-bond donors (Lipinski definition) is 0. The second-order valence-corrected chi connectivity index (χ2v) is 9.55. The molecule has 30 heavy (non-hydrogen) atoms. The average molecular weight is 419 g/mol. The molecule has 7 heteroatoms. The van der Waals surface area contributed by atoms with E-state index in [1.165, 1.54) is 0 Å². The zero-order valence-corrected chi connectivity index (χ0v) is 19.1. The van der Waals surface area contributed by atoms with Gasteiger partial charge in [-0.15, -0.1) is 0 Å². The molecule has 2 aliphatic rings. The lowest BCUT2D eigenvalue weighted by atomic mass is 9.85. The molecule has 2 aliphatic heterocycles. The average Bonchev–Trinajstić information content (AvgIpc) is 2.72. The molecule has 0 aromatic carbocycles. The molecule has 0 bridgehead atoms. The lowest BCUT2D eigenvalue weighted by Crippen LogP contribution is -2.48. The highest BCUT2D eigenvalue weighted by Crippen LogP contribution is 2.37. The van der Waals surface area contributed by atoms with Gasteiger partial charge < -0.3 is 24.2 Å². The predicted molar refractivity (Wildman–Crippen MR) is 117 cm³/mol. The number of likely N-dealkylation sites (N-methyl/N-ethyl adjacent to an activating group) is 1. The van der Waals surface area contributed by atoms with Gasteiger partial charge in [0, 0.05) is 70.4 Å². The molecule has 0 saturated carbocycles. The molecule has 168 valence electrons. The predicted octanol–water partition coefficient (Wildman–Crippen LogP) is 2.96. The largest absolute Gasteiger partial charge is 0.444 e. The zero-order chi connectivity index (χ0) is 21.6. The first-order valence-electron chi connectivity index (χ1n) is 11.2. The van der Waals surface area contributed by atoms with Gasteiger partial charge in [0.2, 0.25) is 0 Å². The van der Waals surface area contributed by atoms with E-state index >= 15 is 0 Å². The first-order valence-corrected chi connectivity index (χ1v) is 11.2. The first-order chi connectivity index (χ1) is 14.3. The van der Waals surface area contributed by atoms with Crippen molar-refractivity contribution >= 4 is 6.09 Å². The fourth-order valence-electron chi connectivity index (χ4n) is 4.15. The first kappa shape index (κ1) is 23.0. The van der Waals surface area contributed by atoms with Crippen LogP contribution in [0.15, 0.2) is 24.5 Å². The zero-order valence-electron chi connectivity index (χ0n) is 19.1. The van der Waals surface area contributed by atoms with Crippen molar-refractivity contribution in [1.29, 1.82) is 0 Å². The van der Waals surface area contributed by atoms with E-state index in [4.69, 9.17) is 9.47 Å². The van der Waals surface area contributed by atoms with Gasteiger partial charge in [0.05, 0.1) is 5.60 Å². The van der Waals surface area contributed by atoms with Crippen LogP contribution < -0.4 is 0 Å². The molecule has 1 aromatic heterocycles. The molecular formula is C23H38N4O3. The molecule has 0 unspecified atom stereocenters. The molecule has 0 aliphatic carbocycles. The Labute approximate surface area is 181 Å². The van der Waals surface area contributed by atoms with Gasteiger partial charge in [-0.05, 0) is 53.1 Å². The van der Waals surface area contributed by atoms with E-state index < -0.39 is 5.60 Å². The number of ether oxygens (including phenoxy) is 2. The van der Waals surface area contributed by atoms with Crippen molar-refractivity contribution < 1.29 is 14.3 Å². The Balaban J connectivity index is 1.55. The minimum atomic E-state index is -0.477. The van der Waals surface area contributed by atoms with Crippen molar-refractivity contribution in [2.75, 3.05) is 59.5 Å². The number of amides is 1. The van der Waals surface area contributed by atoms with Crippen molar-refractivity contribution in [3.05, 3.63) is 30.1 Å². The summed E-state index contributed by atoms with van der Waals surface area (Å²) in [6.07, 6.45) is 5.99. The molecule has 2 fully saturated rings. The molecule has 3 rings (SSSR count). The number of rotatable bonds is 6. The third-order valence-corrected chi connectivity index (χ3v) is 6.00. The van der Waals surface area contributed by atoms with Gasteiger partial charge in [0.15, 0.2) is 0 Å². The number of pyridine rings is 1. The van der Waals surface area contributed by atoms with Crippen LogP contribution in [0.25, 0.3) is 0 Å². The lowest BCUT2D eigenvalue weighted by molar-refractivity contribution is -0.0923. The summed E-state index contributed by atoms with van der Waals surface area (Å²) < 4.78 is 12.1. The lowest BCUT2D eigenvalue weighted by Gasteiger charge is -2.42. The van der Waals surface area contributed by atoms with E-state index in [0.29, 0.717) is 19.7 Å². The Morgan fingerprint density at radius 1 is 1.13 bits per heavy atom. The van der Waals surface area contributed by atoms with Crippen molar-refractivity contribution in [3.63, 3.8) is 0 Å². The van der Waals surface area contributed by atoms with Crippen LogP contribution in [-0.2, 0) is 15.1 Å². The van der Waals surface area contributed by atoms with E-state index in [2.05, 4.69) is 27.9 Å². The Morgan fingerprint density at radius 2 is 1.83 bits per heavy atom. The fraction of sp³-hybridized carbons (Fsp3) is 0.739. The van der Waals surface area contributed by atoms with Gasteiger partial charge in [0.25, 0.3) is 0 Å². The van der Waals surface area contributed by atoms with Crippen LogP contribution >= 0.6 is 0 Å². The maximum atomic E-state index is 12.5. The third-order valence-electron chi connectivity index (χ3n) is 6.00. The topological polar surface area (TPSA) is 58.1 Å². The van der Waals surface area contributed by atoms with Crippen molar-refractivity contribution in [2.45, 2.75) is 51.2 Å². The molecule has 0 atom stereocenters. The number of carbonyl (C=O) groups excluding carboxylic acids is 1. The number of nitrogens with zero attached hydrogens (tertiary/aromatic N) is 4. The van der Waals surface area contributed by atoms with Crippen LogP contribution in [0.5, 0.6) is 0 Å². The van der Waals surface area contributed by atoms with E-state index in [1.54, 1.807) is 11.1 Å². The highest BCUT2D eigenvalue weighted by atomic mass is 16.6. The highest BCUT2D eigenvalue weighted by molar-refractivity contribution is 5.68. The third kappa shape index (κ3) is 6.40. The number of piperidine rings is 1. The van der Waals surface area contributed by atoms with Crippen LogP contribution in [0.2, 0.25) is 0 Å². The van der Waals surface area contributed by atoms with Crippen LogP contribution in [0.4, 0.5) is 4.79 Å². The summed E-state index contributed by atoms with van der Waals surface area (Å²) in [6.45, 7) is 13.3. The number of piperazine rings is 1. The quantitative estimate of drug-likeness (QED) is 0.662. The van der Waals surface area contributed by atoms with E-state index in [9.17, 15) is 4.79 Å². The van der Waals surface area contributed by atoms with E-state index in [-0.39, 0.29) is 11.7 Å².